The second-order valence-corrected chi connectivity index (χ2v) is 6.95. The molecule has 1 aromatic heterocycles. The third kappa shape index (κ3) is 3.36. The highest BCUT2D eigenvalue weighted by Gasteiger charge is 2.30. The zero-order valence-electron chi connectivity index (χ0n) is 13.4. The van der Waals surface area contributed by atoms with Crippen LogP contribution in [-0.4, -0.2) is 27.3 Å². The van der Waals surface area contributed by atoms with Gasteiger partial charge in [-0.1, -0.05) is 46.3 Å². The van der Waals surface area contributed by atoms with E-state index in [0.717, 1.165) is 27.1 Å². The highest BCUT2D eigenvalue weighted by Crippen LogP contribution is 2.37. The monoisotopic (exact) mass is 396 g/mol. The Bertz CT molecular complexity index is 880. The first-order chi connectivity index (χ1) is 12.2. The summed E-state index contributed by atoms with van der Waals surface area (Å²) in [5.41, 5.74) is 3.06. The fourth-order valence-corrected chi connectivity index (χ4v) is 3.66. The number of carbonyl (C=O) groups is 1. The van der Waals surface area contributed by atoms with E-state index in [9.17, 15) is 4.79 Å². The maximum absolute atomic E-state index is 12.5. The first kappa shape index (κ1) is 16.1. The van der Waals surface area contributed by atoms with Gasteiger partial charge in [0, 0.05) is 22.6 Å². The number of nitrogens with one attached hydrogen (secondary N) is 2. The molecule has 1 aliphatic heterocycles. The molecule has 0 saturated carbocycles. The van der Waals surface area contributed by atoms with Gasteiger partial charge in [0.1, 0.15) is 5.82 Å². The van der Waals surface area contributed by atoms with Gasteiger partial charge in [-0.3, -0.25) is 9.69 Å². The van der Waals surface area contributed by atoms with Gasteiger partial charge in [0.15, 0.2) is 0 Å². The SMILES string of the molecule is O=C1CN(Cc2ncc[nH]2)C(c2ccccc2)c2cc(Br)ccc2N1. The third-order valence-corrected chi connectivity index (χ3v) is 4.81. The van der Waals surface area contributed by atoms with E-state index in [2.05, 4.69) is 54.3 Å². The van der Waals surface area contributed by atoms with Gasteiger partial charge >= 0.3 is 0 Å². The molecule has 4 rings (SSSR count). The van der Waals surface area contributed by atoms with Gasteiger partial charge in [0.25, 0.3) is 0 Å². The standard InChI is InChI=1S/C19H17BrN4O/c20-14-6-7-16-15(10-14)19(13-4-2-1-3-5-13)24(12-18(25)23-16)11-17-21-8-9-22-17/h1-10,19H,11-12H2,(H,21,22)(H,23,25). The minimum atomic E-state index is -0.0437. The minimum absolute atomic E-state index is 0.0199. The number of aromatic nitrogens is 2. The molecule has 1 amide bonds. The highest BCUT2D eigenvalue weighted by molar-refractivity contribution is 9.10. The number of hydrogen-bond donors (Lipinski definition) is 2. The second kappa shape index (κ2) is 6.82. The number of amides is 1. The van der Waals surface area contributed by atoms with Crippen LogP contribution in [0.3, 0.4) is 0 Å². The smallest absolute Gasteiger partial charge is 0.238 e. The first-order valence-corrected chi connectivity index (χ1v) is 8.86. The van der Waals surface area contributed by atoms with Crippen molar-refractivity contribution in [1.82, 2.24) is 14.9 Å². The predicted octanol–water partition coefficient (Wildman–Crippen LogP) is 3.72. The van der Waals surface area contributed by atoms with E-state index in [1.54, 1.807) is 12.4 Å². The Morgan fingerprint density at radius 1 is 1.20 bits per heavy atom. The predicted molar refractivity (Wildman–Crippen MR) is 100 cm³/mol. The molecule has 126 valence electrons. The summed E-state index contributed by atoms with van der Waals surface area (Å²) in [6, 6.07) is 16.2. The average Bonchev–Trinajstić information content (AvgIpc) is 3.06. The average molecular weight is 397 g/mol. The molecule has 2 N–H and O–H groups in total. The third-order valence-electron chi connectivity index (χ3n) is 4.32. The van der Waals surface area contributed by atoms with E-state index >= 15 is 0 Å². The lowest BCUT2D eigenvalue weighted by atomic mass is 9.96. The number of nitrogens with zero attached hydrogens (tertiary/aromatic N) is 2. The lowest BCUT2D eigenvalue weighted by molar-refractivity contribution is -0.117. The fraction of sp³-hybridized carbons (Fsp3) is 0.158. The number of imidazole rings is 1. The second-order valence-electron chi connectivity index (χ2n) is 6.03. The van der Waals surface area contributed by atoms with Gasteiger partial charge < -0.3 is 10.3 Å². The normalized spacial score (nSPS) is 17.6. The molecule has 25 heavy (non-hydrogen) atoms. The van der Waals surface area contributed by atoms with Crippen LogP contribution in [0, 0.1) is 0 Å². The molecule has 0 bridgehead atoms. The Labute approximate surface area is 154 Å². The zero-order valence-corrected chi connectivity index (χ0v) is 15.0. The highest BCUT2D eigenvalue weighted by atomic mass is 79.9. The van der Waals surface area contributed by atoms with Crippen LogP contribution in [0.5, 0.6) is 0 Å². The van der Waals surface area contributed by atoms with Crippen LogP contribution in [0.25, 0.3) is 0 Å². The van der Waals surface area contributed by atoms with Crippen molar-refractivity contribution in [3.63, 3.8) is 0 Å². The summed E-state index contributed by atoms with van der Waals surface area (Å²) in [5, 5.41) is 3.03. The number of halogens is 1. The van der Waals surface area contributed by atoms with Crippen LogP contribution in [0.1, 0.15) is 23.0 Å². The Morgan fingerprint density at radius 2 is 2.04 bits per heavy atom. The summed E-state index contributed by atoms with van der Waals surface area (Å²) < 4.78 is 0.987. The Hall–Kier alpha value is -2.44. The summed E-state index contributed by atoms with van der Waals surface area (Å²) in [7, 11) is 0. The number of benzene rings is 2. The van der Waals surface area contributed by atoms with Crippen LogP contribution >= 0.6 is 15.9 Å². The van der Waals surface area contributed by atoms with Crippen molar-refractivity contribution in [1.29, 1.82) is 0 Å². The van der Waals surface area contributed by atoms with Crippen molar-refractivity contribution in [2.24, 2.45) is 0 Å². The van der Waals surface area contributed by atoms with Crippen LogP contribution in [0.15, 0.2) is 65.4 Å². The molecule has 1 unspecified atom stereocenters. The van der Waals surface area contributed by atoms with Gasteiger partial charge in [0.2, 0.25) is 5.91 Å². The quantitative estimate of drug-likeness (QED) is 0.708. The van der Waals surface area contributed by atoms with Crippen molar-refractivity contribution in [2.75, 3.05) is 11.9 Å². The number of aromatic amines is 1. The van der Waals surface area contributed by atoms with Crippen LogP contribution in [0.2, 0.25) is 0 Å². The molecular weight excluding hydrogens is 380 g/mol. The van der Waals surface area contributed by atoms with Crippen molar-refractivity contribution in [2.45, 2.75) is 12.6 Å². The maximum atomic E-state index is 12.5. The van der Waals surface area contributed by atoms with E-state index < -0.39 is 0 Å². The number of hydrogen-bond acceptors (Lipinski definition) is 3. The molecule has 0 spiro atoms. The zero-order chi connectivity index (χ0) is 17.2. The largest absolute Gasteiger partial charge is 0.348 e. The number of fused-ring (bicyclic) bond motifs is 1. The van der Waals surface area contributed by atoms with Crippen LogP contribution in [-0.2, 0) is 11.3 Å². The Kier molecular flexibility index (Phi) is 4.38. The molecule has 6 heteroatoms. The van der Waals surface area contributed by atoms with E-state index in [4.69, 9.17) is 0 Å². The maximum Gasteiger partial charge on any atom is 0.238 e. The van der Waals surface area contributed by atoms with Gasteiger partial charge in [-0.2, -0.15) is 0 Å². The molecule has 0 radical (unpaired) electrons. The van der Waals surface area contributed by atoms with E-state index in [1.165, 1.54) is 0 Å². The molecule has 3 aromatic rings. The first-order valence-electron chi connectivity index (χ1n) is 8.07. The van der Waals surface area contributed by atoms with Gasteiger partial charge in [0.05, 0.1) is 19.1 Å². The van der Waals surface area contributed by atoms with E-state index in [0.29, 0.717) is 13.1 Å². The van der Waals surface area contributed by atoms with Gasteiger partial charge in [-0.05, 0) is 29.3 Å². The minimum Gasteiger partial charge on any atom is -0.348 e. The summed E-state index contributed by atoms with van der Waals surface area (Å²) in [6.45, 7) is 0.860. The van der Waals surface area contributed by atoms with Crippen LogP contribution in [0.4, 0.5) is 5.69 Å². The summed E-state index contributed by atoms with van der Waals surface area (Å²) in [5.74, 6) is 0.820. The molecule has 0 saturated heterocycles. The van der Waals surface area contributed by atoms with Crippen molar-refractivity contribution in [3.8, 4) is 0 Å². The van der Waals surface area contributed by atoms with Gasteiger partial charge in [-0.25, -0.2) is 4.98 Å². The van der Waals surface area contributed by atoms with Crippen molar-refractivity contribution < 1.29 is 4.79 Å². The summed E-state index contributed by atoms with van der Waals surface area (Å²) >= 11 is 3.56. The molecule has 1 aliphatic rings. The molecule has 2 aromatic carbocycles. The topological polar surface area (TPSA) is 61.0 Å². The Balaban J connectivity index is 1.84. The number of anilines is 1. The van der Waals surface area contributed by atoms with E-state index in [1.807, 2.05) is 30.3 Å². The van der Waals surface area contributed by atoms with E-state index in [-0.39, 0.29) is 11.9 Å². The summed E-state index contributed by atoms with van der Waals surface area (Å²) in [6.07, 6.45) is 3.53. The number of H-pyrrole nitrogens is 1. The van der Waals surface area contributed by atoms with Gasteiger partial charge in [-0.15, -0.1) is 0 Å². The molecule has 1 atom stereocenters. The molecule has 0 aliphatic carbocycles. The lowest BCUT2D eigenvalue weighted by Gasteiger charge is -2.29. The van der Waals surface area contributed by atoms with Crippen molar-refractivity contribution in [3.05, 3.63) is 82.3 Å². The lowest BCUT2D eigenvalue weighted by Crippen LogP contribution is -2.33. The Morgan fingerprint density at radius 3 is 2.80 bits per heavy atom. The number of carbonyl (C=O) groups excluding carboxylic acids is 1. The van der Waals surface area contributed by atoms with Crippen LogP contribution < -0.4 is 5.32 Å². The summed E-state index contributed by atoms with van der Waals surface area (Å²) in [4.78, 5) is 22.1. The van der Waals surface area contributed by atoms with Crippen molar-refractivity contribution >= 4 is 27.5 Å². The molecule has 2 heterocycles. The number of rotatable bonds is 3. The molecular formula is C19H17BrN4O. The molecule has 0 fully saturated rings. The molecule has 5 nitrogen and oxygen atoms in total. The fourth-order valence-electron chi connectivity index (χ4n) is 3.29.